The molecule has 4 nitrogen and oxygen atoms in total. The predicted octanol–water partition coefficient (Wildman–Crippen LogP) is 3.99. The molecule has 0 fully saturated rings. The molecular formula is C14H14ClN3O. The second kappa shape index (κ2) is 5.77. The topological polar surface area (TPSA) is 61.7 Å². The Kier molecular flexibility index (Phi) is 4.08. The Morgan fingerprint density at radius 2 is 2.21 bits per heavy atom. The maximum atomic E-state index is 8.92. The molecule has 5 heteroatoms. The van der Waals surface area contributed by atoms with E-state index in [-0.39, 0.29) is 0 Å². The summed E-state index contributed by atoms with van der Waals surface area (Å²) in [5.74, 6) is 1.26. The Hall–Kier alpha value is -1.99. The van der Waals surface area contributed by atoms with E-state index >= 15 is 0 Å². The van der Waals surface area contributed by atoms with Crippen molar-refractivity contribution in [1.82, 2.24) is 10.2 Å². The van der Waals surface area contributed by atoms with E-state index in [0.29, 0.717) is 22.1 Å². The van der Waals surface area contributed by atoms with Crippen molar-refractivity contribution in [3.8, 4) is 17.6 Å². The first kappa shape index (κ1) is 13.4. The first-order valence-electron chi connectivity index (χ1n) is 6.06. The molecule has 0 bridgehead atoms. The molecule has 1 N–H and O–H groups in total. The molecule has 19 heavy (non-hydrogen) atoms. The highest BCUT2D eigenvalue weighted by atomic mass is 35.5. The fraction of sp³-hybridized carbons (Fsp3) is 0.286. The van der Waals surface area contributed by atoms with Crippen LogP contribution in [0, 0.1) is 18.3 Å². The van der Waals surface area contributed by atoms with Crippen LogP contribution in [0.1, 0.15) is 30.3 Å². The number of halogens is 1. The van der Waals surface area contributed by atoms with Gasteiger partial charge in [-0.15, -0.1) is 0 Å². The standard InChI is InChI=1S/C14H14ClN3O/c1-3-4-13-14(9(2)17-18-13)19-12-6-10(8-16)5-11(15)7-12/h5-7H,3-4H2,1-2H3,(H,17,18). The maximum Gasteiger partial charge on any atom is 0.171 e. The number of benzene rings is 1. The Morgan fingerprint density at radius 3 is 2.89 bits per heavy atom. The van der Waals surface area contributed by atoms with Gasteiger partial charge in [0.15, 0.2) is 5.75 Å². The lowest BCUT2D eigenvalue weighted by Gasteiger charge is -2.07. The van der Waals surface area contributed by atoms with Crippen LogP contribution in [0.4, 0.5) is 0 Å². The van der Waals surface area contributed by atoms with Crippen LogP contribution in [0.5, 0.6) is 11.5 Å². The molecule has 0 atom stereocenters. The first-order chi connectivity index (χ1) is 9.13. The van der Waals surface area contributed by atoms with Gasteiger partial charge in [-0.05, 0) is 31.5 Å². The van der Waals surface area contributed by atoms with E-state index in [0.717, 1.165) is 24.2 Å². The molecule has 0 aliphatic carbocycles. The van der Waals surface area contributed by atoms with Crippen LogP contribution in [-0.2, 0) is 6.42 Å². The molecule has 0 saturated heterocycles. The van der Waals surface area contributed by atoms with Gasteiger partial charge in [-0.3, -0.25) is 5.10 Å². The fourth-order valence-corrected chi connectivity index (χ4v) is 2.04. The molecule has 2 rings (SSSR count). The zero-order chi connectivity index (χ0) is 13.8. The Balaban J connectivity index is 2.33. The molecule has 0 unspecified atom stereocenters. The molecule has 0 radical (unpaired) electrons. The van der Waals surface area contributed by atoms with Crippen molar-refractivity contribution in [2.45, 2.75) is 26.7 Å². The third kappa shape index (κ3) is 3.07. The van der Waals surface area contributed by atoms with Crippen LogP contribution in [0.15, 0.2) is 18.2 Å². The van der Waals surface area contributed by atoms with Gasteiger partial charge < -0.3 is 4.74 Å². The molecule has 0 saturated carbocycles. The van der Waals surface area contributed by atoms with Crippen molar-refractivity contribution < 1.29 is 4.74 Å². The maximum absolute atomic E-state index is 8.92. The quantitative estimate of drug-likeness (QED) is 0.918. The van der Waals surface area contributed by atoms with Gasteiger partial charge in [-0.25, -0.2) is 0 Å². The minimum Gasteiger partial charge on any atom is -0.453 e. The monoisotopic (exact) mass is 275 g/mol. The normalized spacial score (nSPS) is 10.2. The average Bonchev–Trinajstić information content (AvgIpc) is 2.71. The second-order valence-electron chi connectivity index (χ2n) is 4.26. The molecule has 0 spiro atoms. The van der Waals surface area contributed by atoms with Gasteiger partial charge in [0.05, 0.1) is 17.3 Å². The van der Waals surface area contributed by atoms with Crippen LogP contribution >= 0.6 is 11.6 Å². The number of nitrogens with zero attached hydrogens (tertiary/aromatic N) is 2. The van der Waals surface area contributed by atoms with Crippen molar-refractivity contribution >= 4 is 11.6 Å². The van der Waals surface area contributed by atoms with Crippen molar-refractivity contribution in [3.63, 3.8) is 0 Å². The van der Waals surface area contributed by atoms with Crippen LogP contribution in [0.2, 0.25) is 5.02 Å². The molecule has 0 amide bonds. The number of nitriles is 1. The van der Waals surface area contributed by atoms with Gasteiger partial charge in [-0.1, -0.05) is 24.9 Å². The lowest BCUT2D eigenvalue weighted by Crippen LogP contribution is -1.91. The minimum atomic E-state index is 0.473. The summed E-state index contributed by atoms with van der Waals surface area (Å²) >= 11 is 5.96. The van der Waals surface area contributed by atoms with Crippen LogP contribution in [0.3, 0.4) is 0 Å². The number of aryl methyl sites for hydroxylation is 2. The third-order valence-corrected chi connectivity index (χ3v) is 2.89. The number of H-pyrrole nitrogens is 1. The van der Waals surface area contributed by atoms with Crippen LogP contribution < -0.4 is 4.74 Å². The molecule has 0 aliphatic heterocycles. The Morgan fingerprint density at radius 1 is 1.42 bits per heavy atom. The van der Waals surface area contributed by atoms with Crippen molar-refractivity contribution in [3.05, 3.63) is 40.2 Å². The van der Waals surface area contributed by atoms with Crippen molar-refractivity contribution in [2.75, 3.05) is 0 Å². The predicted molar refractivity (Wildman–Crippen MR) is 73.6 cm³/mol. The highest BCUT2D eigenvalue weighted by Crippen LogP contribution is 2.30. The van der Waals surface area contributed by atoms with Gasteiger partial charge in [0.25, 0.3) is 0 Å². The van der Waals surface area contributed by atoms with E-state index in [1.54, 1.807) is 18.2 Å². The molecule has 0 aliphatic rings. The average molecular weight is 276 g/mol. The number of rotatable bonds is 4. The Labute approximate surface area is 117 Å². The van der Waals surface area contributed by atoms with E-state index < -0.39 is 0 Å². The number of hydrogen-bond acceptors (Lipinski definition) is 3. The summed E-state index contributed by atoms with van der Waals surface area (Å²) in [6.45, 7) is 3.98. The van der Waals surface area contributed by atoms with Gasteiger partial charge in [0.2, 0.25) is 0 Å². The summed E-state index contributed by atoms with van der Waals surface area (Å²) in [5.41, 5.74) is 2.22. The fourth-order valence-electron chi connectivity index (χ4n) is 1.82. The van der Waals surface area contributed by atoms with E-state index in [9.17, 15) is 0 Å². The van der Waals surface area contributed by atoms with Gasteiger partial charge in [-0.2, -0.15) is 10.4 Å². The smallest absolute Gasteiger partial charge is 0.171 e. The van der Waals surface area contributed by atoms with Crippen LogP contribution in [-0.4, -0.2) is 10.2 Å². The SMILES string of the molecule is CCCc1n[nH]c(C)c1Oc1cc(Cl)cc(C#N)c1. The molecule has 1 aromatic carbocycles. The number of aromatic amines is 1. The molecule has 98 valence electrons. The zero-order valence-electron chi connectivity index (χ0n) is 10.8. The summed E-state index contributed by atoms with van der Waals surface area (Å²) in [6.07, 6.45) is 1.82. The largest absolute Gasteiger partial charge is 0.453 e. The number of aromatic nitrogens is 2. The van der Waals surface area contributed by atoms with Gasteiger partial charge >= 0.3 is 0 Å². The van der Waals surface area contributed by atoms with Crippen molar-refractivity contribution in [2.24, 2.45) is 0 Å². The second-order valence-corrected chi connectivity index (χ2v) is 4.70. The van der Waals surface area contributed by atoms with Crippen LogP contribution in [0.25, 0.3) is 0 Å². The third-order valence-electron chi connectivity index (χ3n) is 2.67. The van der Waals surface area contributed by atoms with E-state index in [2.05, 4.69) is 23.2 Å². The summed E-state index contributed by atoms with van der Waals surface area (Å²) in [5, 5.41) is 16.5. The molecule has 1 aromatic heterocycles. The summed E-state index contributed by atoms with van der Waals surface area (Å²) in [7, 11) is 0. The van der Waals surface area contributed by atoms with E-state index in [4.69, 9.17) is 21.6 Å². The highest BCUT2D eigenvalue weighted by Gasteiger charge is 2.12. The van der Waals surface area contributed by atoms with E-state index in [1.165, 1.54) is 0 Å². The summed E-state index contributed by atoms with van der Waals surface area (Å²) in [4.78, 5) is 0. The lowest BCUT2D eigenvalue weighted by molar-refractivity contribution is 0.472. The lowest BCUT2D eigenvalue weighted by atomic mass is 10.2. The highest BCUT2D eigenvalue weighted by molar-refractivity contribution is 6.30. The molecule has 2 aromatic rings. The summed E-state index contributed by atoms with van der Waals surface area (Å²) < 4.78 is 5.83. The molecule has 1 heterocycles. The first-order valence-corrected chi connectivity index (χ1v) is 6.44. The number of hydrogen-bond donors (Lipinski definition) is 1. The zero-order valence-corrected chi connectivity index (χ0v) is 11.6. The summed E-state index contributed by atoms with van der Waals surface area (Å²) in [6, 6.07) is 7.00. The molecular weight excluding hydrogens is 262 g/mol. The van der Waals surface area contributed by atoms with E-state index in [1.807, 2.05) is 6.92 Å². The number of ether oxygens (including phenoxy) is 1. The van der Waals surface area contributed by atoms with Crippen molar-refractivity contribution in [1.29, 1.82) is 5.26 Å². The minimum absolute atomic E-state index is 0.473. The van der Waals surface area contributed by atoms with Gasteiger partial charge in [0, 0.05) is 5.02 Å². The Bertz CT molecular complexity index is 628. The number of nitrogens with one attached hydrogen (secondary N) is 1. The van der Waals surface area contributed by atoms with Gasteiger partial charge in [0.1, 0.15) is 11.4 Å².